The molecule has 1 saturated heterocycles. The van der Waals surface area contributed by atoms with E-state index in [0.29, 0.717) is 34.8 Å². The molecule has 2 aromatic carbocycles. The van der Waals surface area contributed by atoms with Crippen LogP contribution in [0.25, 0.3) is 0 Å². The number of ether oxygens (including phenoxy) is 2. The van der Waals surface area contributed by atoms with Crippen LogP contribution in [0.4, 0.5) is 21.0 Å². The van der Waals surface area contributed by atoms with Gasteiger partial charge in [-0.1, -0.05) is 0 Å². The third kappa shape index (κ3) is 7.42. The Morgan fingerprint density at radius 2 is 1.56 bits per heavy atom. The molecule has 0 unspecified atom stereocenters. The van der Waals surface area contributed by atoms with Gasteiger partial charge in [0.1, 0.15) is 18.2 Å². The number of carbonyl (C=O) groups excluding carboxylic acids is 2. The number of non-ortho nitro benzene ring substituents is 2. The second-order valence-electron chi connectivity index (χ2n) is 8.57. The summed E-state index contributed by atoms with van der Waals surface area (Å²) in [6.45, 7) is 0.396. The Balaban J connectivity index is 1.27. The molecule has 1 N–H and O–H groups in total. The van der Waals surface area contributed by atoms with Crippen LogP contribution in [-0.4, -0.2) is 43.7 Å². The third-order valence-corrected chi connectivity index (χ3v) is 7.18. The Morgan fingerprint density at radius 1 is 1.00 bits per heavy atom. The number of thiol groups is 1. The predicted octanol–water partition coefficient (Wildman–Crippen LogP) is 4.77. The minimum absolute atomic E-state index is 0.0354. The normalized spacial score (nSPS) is 16.5. The average molecular weight is 574 g/mol. The van der Waals surface area contributed by atoms with Crippen molar-refractivity contribution in [1.29, 1.82) is 0 Å². The monoisotopic (exact) mass is 573 g/mol. The Bertz CT molecular complexity index is 1350. The van der Waals surface area contributed by atoms with Crippen molar-refractivity contribution in [2.75, 3.05) is 6.54 Å². The molecule has 0 spiro atoms. The first kappa shape index (κ1) is 27.8. The van der Waals surface area contributed by atoms with Gasteiger partial charge < -0.3 is 14.8 Å². The first-order valence-corrected chi connectivity index (χ1v) is 13.0. The number of hydrogen-bond donors (Lipinski definition) is 2. The zero-order valence-corrected chi connectivity index (χ0v) is 22.0. The van der Waals surface area contributed by atoms with E-state index in [0.717, 1.165) is 0 Å². The highest BCUT2D eigenvalue weighted by Gasteiger charge is 2.37. The molecular formula is C24H23N5O8S2. The molecule has 15 heteroatoms. The lowest BCUT2D eigenvalue weighted by atomic mass is 10.2. The molecule has 0 radical (unpaired) electrons. The number of carbonyl (C=O) groups is 2. The van der Waals surface area contributed by atoms with Gasteiger partial charge in [0.05, 0.1) is 28.1 Å². The summed E-state index contributed by atoms with van der Waals surface area (Å²) >= 11 is 5.87. The van der Waals surface area contributed by atoms with Gasteiger partial charge in [0.15, 0.2) is 0 Å². The van der Waals surface area contributed by atoms with E-state index in [2.05, 4.69) is 22.9 Å². The highest BCUT2D eigenvalue weighted by Crippen LogP contribution is 2.36. The van der Waals surface area contributed by atoms with Crippen LogP contribution in [-0.2, 0) is 29.2 Å². The minimum atomic E-state index is -0.671. The molecule has 1 aliphatic heterocycles. The first-order chi connectivity index (χ1) is 18.7. The van der Waals surface area contributed by atoms with Crippen molar-refractivity contribution in [3.05, 3.63) is 96.0 Å². The summed E-state index contributed by atoms with van der Waals surface area (Å²) in [5, 5.41) is 26.5. The first-order valence-electron chi connectivity index (χ1n) is 11.6. The predicted molar refractivity (Wildman–Crippen MR) is 142 cm³/mol. The minimum Gasteiger partial charge on any atom is -0.445 e. The van der Waals surface area contributed by atoms with Crippen molar-refractivity contribution < 1.29 is 28.9 Å². The number of nitrogens with zero attached hydrogens (tertiary/aromatic N) is 4. The van der Waals surface area contributed by atoms with Gasteiger partial charge in [0.25, 0.3) is 11.4 Å². The van der Waals surface area contributed by atoms with Crippen LogP contribution in [0, 0.1) is 20.2 Å². The number of nitrogens with one attached hydrogen (secondary N) is 1. The molecule has 2 atom stereocenters. The Labute approximate surface area is 231 Å². The van der Waals surface area contributed by atoms with Crippen molar-refractivity contribution in [3.63, 3.8) is 0 Å². The maximum Gasteiger partial charge on any atom is 0.410 e. The fourth-order valence-corrected chi connectivity index (χ4v) is 5.14. The highest BCUT2D eigenvalue weighted by atomic mass is 32.1. The third-order valence-electron chi connectivity index (χ3n) is 5.81. The van der Waals surface area contributed by atoms with Crippen LogP contribution >= 0.6 is 24.0 Å². The number of hydrogen-bond acceptors (Lipinski definition) is 11. The van der Waals surface area contributed by atoms with Gasteiger partial charge in [-0.2, -0.15) is 12.6 Å². The zero-order chi connectivity index (χ0) is 27.9. The lowest BCUT2D eigenvalue weighted by Crippen LogP contribution is -2.31. The molecule has 1 aliphatic rings. The van der Waals surface area contributed by atoms with Crippen LogP contribution < -0.4 is 5.32 Å². The van der Waals surface area contributed by atoms with E-state index in [9.17, 15) is 29.8 Å². The molecule has 39 heavy (non-hydrogen) atoms. The van der Waals surface area contributed by atoms with Crippen LogP contribution in [0.5, 0.6) is 0 Å². The standard InChI is InChI=1S/C24H23N5O8S2/c30-23(36-12-15-1-5-18(6-2-15)28(32)33)25-10-17-14-39-22(26-17)21-9-20(38)11-27(21)24(31)37-13-16-3-7-19(8-4-16)29(34)35/h1-8,14,20-21,38H,9-13H2,(H,25,30)/t20-,21-/m0/s1. The topological polar surface area (TPSA) is 167 Å². The van der Waals surface area contributed by atoms with E-state index in [1.54, 1.807) is 10.3 Å². The van der Waals surface area contributed by atoms with Crippen molar-refractivity contribution in [2.24, 2.45) is 0 Å². The lowest BCUT2D eigenvalue weighted by molar-refractivity contribution is -0.385. The van der Waals surface area contributed by atoms with Crippen LogP contribution in [0.3, 0.4) is 0 Å². The average Bonchev–Trinajstić information content (AvgIpc) is 3.56. The number of nitro benzene ring substituents is 2. The highest BCUT2D eigenvalue weighted by molar-refractivity contribution is 7.81. The van der Waals surface area contributed by atoms with Crippen LogP contribution in [0.15, 0.2) is 53.9 Å². The summed E-state index contributed by atoms with van der Waals surface area (Å²) in [4.78, 5) is 51.5. The van der Waals surface area contributed by atoms with Gasteiger partial charge >= 0.3 is 12.2 Å². The Morgan fingerprint density at radius 3 is 2.13 bits per heavy atom. The number of amides is 2. The van der Waals surface area contributed by atoms with Crippen molar-refractivity contribution >= 4 is 47.5 Å². The van der Waals surface area contributed by atoms with E-state index >= 15 is 0 Å². The molecule has 2 amide bonds. The maximum atomic E-state index is 12.8. The number of nitro groups is 2. The Hall–Kier alpha value is -4.24. The van der Waals surface area contributed by atoms with E-state index in [1.165, 1.54) is 59.9 Å². The summed E-state index contributed by atoms with van der Waals surface area (Å²) in [7, 11) is 0. The van der Waals surface area contributed by atoms with Crippen molar-refractivity contribution in [2.45, 2.75) is 37.5 Å². The van der Waals surface area contributed by atoms with Gasteiger partial charge in [-0.15, -0.1) is 11.3 Å². The number of thiazole rings is 1. The van der Waals surface area contributed by atoms with Crippen LogP contribution in [0.2, 0.25) is 0 Å². The number of aromatic nitrogens is 1. The second-order valence-corrected chi connectivity index (χ2v) is 10.2. The molecule has 0 aliphatic carbocycles. The van der Waals surface area contributed by atoms with Crippen molar-refractivity contribution in [1.82, 2.24) is 15.2 Å². The summed E-state index contributed by atoms with van der Waals surface area (Å²) in [6.07, 6.45) is -0.636. The summed E-state index contributed by atoms with van der Waals surface area (Å²) in [6, 6.07) is 11.1. The smallest absolute Gasteiger partial charge is 0.410 e. The molecule has 0 saturated carbocycles. The van der Waals surface area contributed by atoms with Crippen LogP contribution in [0.1, 0.15) is 34.3 Å². The summed E-state index contributed by atoms with van der Waals surface area (Å²) in [5.41, 5.74) is 1.72. The van der Waals surface area contributed by atoms with Crippen molar-refractivity contribution in [3.8, 4) is 0 Å². The number of likely N-dealkylation sites (tertiary alicyclic amines) is 1. The molecule has 13 nitrogen and oxygen atoms in total. The van der Waals surface area contributed by atoms with Gasteiger partial charge in [-0.25, -0.2) is 14.6 Å². The molecular weight excluding hydrogens is 550 g/mol. The Kier molecular flexibility index (Phi) is 8.93. The van der Waals surface area contributed by atoms with E-state index in [1.807, 2.05) is 0 Å². The van der Waals surface area contributed by atoms with Gasteiger partial charge in [-0.3, -0.25) is 25.1 Å². The fraction of sp³-hybridized carbons (Fsp3) is 0.292. The maximum absolute atomic E-state index is 12.8. The van der Waals surface area contributed by atoms with Gasteiger partial charge in [-0.05, 0) is 41.8 Å². The van der Waals surface area contributed by atoms with E-state index in [-0.39, 0.29) is 42.4 Å². The molecule has 4 rings (SSSR count). The quantitative estimate of drug-likeness (QED) is 0.208. The second kappa shape index (κ2) is 12.5. The molecule has 0 bridgehead atoms. The van der Waals surface area contributed by atoms with E-state index < -0.39 is 22.0 Å². The van der Waals surface area contributed by atoms with Gasteiger partial charge in [0.2, 0.25) is 0 Å². The molecule has 204 valence electrons. The number of rotatable bonds is 9. The SMILES string of the molecule is O=C(NCc1csc([C@@H]2C[C@H](S)CN2C(=O)OCc2ccc([N+](=O)[O-])cc2)n1)OCc1ccc([N+](=O)[O-])cc1. The number of benzene rings is 2. The lowest BCUT2D eigenvalue weighted by Gasteiger charge is -2.22. The summed E-state index contributed by atoms with van der Waals surface area (Å²) in [5.74, 6) is 0. The molecule has 3 aromatic rings. The molecule has 2 heterocycles. The number of alkyl carbamates (subject to hydrolysis) is 1. The van der Waals surface area contributed by atoms with E-state index in [4.69, 9.17) is 9.47 Å². The van der Waals surface area contributed by atoms with Gasteiger partial charge in [0, 0.05) is 41.4 Å². The fourth-order valence-electron chi connectivity index (χ4n) is 3.82. The zero-order valence-electron chi connectivity index (χ0n) is 20.3. The largest absolute Gasteiger partial charge is 0.445 e. The molecule has 1 aromatic heterocycles. The molecule has 1 fully saturated rings. The summed E-state index contributed by atoms with van der Waals surface area (Å²) < 4.78 is 10.6.